The van der Waals surface area contributed by atoms with Crippen LogP contribution in [0, 0.1) is 0 Å². The predicted octanol–water partition coefficient (Wildman–Crippen LogP) is 2.54. The second-order valence-electron chi connectivity index (χ2n) is 4.56. The fourth-order valence-corrected chi connectivity index (χ4v) is 2.25. The molecule has 0 radical (unpaired) electrons. The molecule has 0 saturated carbocycles. The summed E-state index contributed by atoms with van der Waals surface area (Å²) in [6, 6.07) is 6.87. The molecule has 3 nitrogen and oxygen atoms in total. The third-order valence-corrected chi connectivity index (χ3v) is 3.41. The summed E-state index contributed by atoms with van der Waals surface area (Å²) in [5.74, 6) is -0.256. The average Bonchev–Trinajstić information content (AvgIpc) is 2.38. The summed E-state index contributed by atoms with van der Waals surface area (Å²) in [4.78, 5) is 11.9. The highest BCUT2D eigenvalue weighted by Gasteiger charge is 2.26. The molecule has 1 aromatic carbocycles. The monoisotopic (exact) mass is 265 g/mol. The van der Waals surface area contributed by atoms with Gasteiger partial charge in [-0.15, -0.1) is 0 Å². The largest absolute Gasteiger partial charge is 0.384 e. The molecular weight excluding hydrogens is 250 g/mol. The Bertz CT molecular complexity index is 473. The molecule has 1 aliphatic rings. The molecular formula is C14H16ClNO2. The van der Waals surface area contributed by atoms with Gasteiger partial charge in [0, 0.05) is 0 Å². The SMILES string of the molecule is O=C(NCC1(O)C=CCCC1)c1ccccc1Cl. The van der Waals surface area contributed by atoms with Crippen molar-refractivity contribution >= 4 is 17.5 Å². The zero-order valence-corrected chi connectivity index (χ0v) is 10.8. The number of halogens is 1. The number of nitrogens with one attached hydrogen (secondary N) is 1. The summed E-state index contributed by atoms with van der Waals surface area (Å²) in [7, 11) is 0. The van der Waals surface area contributed by atoms with Gasteiger partial charge in [0.1, 0.15) is 0 Å². The summed E-state index contributed by atoms with van der Waals surface area (Å²) in [6.07, 6.45) is 6.32. The van der Waals surface area contributed by atoms with Crippen LogP contribution in [0.1, 0.15) is 29.6 Å². The number of hydrogen-bond donors (Lipinski definition) is 2. The van der Waals surface area contributed by atoms with Crippen molar-refractivity contribution in [1.82, 2.24) is 5.32 Å². The molecule has 1 aromatic rings. The minimum absolute atomic E-state index is 0.216. The van der Waals surface area contributed by atoms with E-state index in [0.717, 1.165) is 12.8 Å². The molecule has 2 rings (SSSR count). The fraction of sp³-hybridized carbons (Fsp3) is 0.357. The molecule has 0 bridgehead atoms. The number of hydrogen-bond acceptors (Lipinski definition) is 2. The van der Waals surface area contributed by atoms with Gasteiger partial charge in [0.2, 0.25) is 0 Å². The van der Waals surface area contributed by atoms with Gasteiger partial charge in [-0.3, -0.25) is 4.79 Å². The van der Waals surface area contributed by atoms with Crippen LogP contribution in [0.25, 0.3) is 0 Å². The summed E-state index contributed by atoms with van der Waals surface area (Å²) in [6.45, 7) is 0.216. The molecule has 0 spiro atoms. The fourth-order valence-electron chi connectivity index (χ4n) is 2.03. The summed E-state index contributed by atoms with van der Waals surface area (Å²) < 4.78 is 0. The standard InChI is InChI=1S/C14H16ClNO2/c15-12-7-3-2-6-11(12)13(17)16-10-14(18)8-4-1-5-9-14/h2-4,6-8,18H,1,5,9-10H2,(H,16,17). The quantitative estimate of drug-likeness (QED) is 0.825. The smallest absolute Gasteiger partial charge is 0.252 e. The van der Waals surface area contributed by atoms with Gasteiger partial charge in [0.15, 0.2) is 0 Å². The maximum Gasteiger partial charge on any atom is 0.252 e. The van der Waals surface area contributed by atoms with Crippen molar-refractivity contribution in [2.75, 3.05) is 6.54 Å². The van der Waals surface area contributed by atoms with Crippen LogP contribution in [0.4, 0.5) is 0 Å². The van der Waals surface area contributed by atoms with Crippen LogP contribution in [0.5, 0.6) is 0 Å². The number of rotatable bonds is 3. The lowest BCUT2D eigenvalue weighted by atomic mass is 9.91. The number of allylic oxidation sites excluding steroid dienone is 1. The van der Waals surface area contributed by atoms with Crippen molar-refractivity contribution in [2.45, 2.75) is 24.9 Å². The molecule has 1 aliphatic carbocycles. The summed E-state index contributed by atoms with van der Waals surface area (Å²) in [5.41, 5.74) is -0.489. The van der Waals surface area contributed by atoms with E-state index in [2.05, 4.69) is 5.32 Å². The molecule has 0 heterocycles. The van der Waals surface area contributed by atoms with E-state index in [1.165, 1.54) is 0 Å². The van der Waals surface area contributed by atoms with Crippen molar-refractivity contribution in [3.8, 4) is 0 Å². The highest BCUT2D eigenvalue weighted by Crippen LogP contribution is 2.21. The normalized spacial score (nSPS) is 22.8. The van der Waals surface area contributed by atoms with E-state index < -0.39 is 5.60 Å². The topological polar surface area (TPSA) is 49.3 Å². The lowest BCUT2D eigenvalue weighted by molar-refractivity contribution is 0.0660. The highest BCUT2D eigenvalue weighted by atomic mass is 35.5. The van der Waals surface area contributed by atoms with Crippen molar-refractivity contribution in [2.24, 2.45) is 0 Å². The first kappa shape index (κ1) is 13.1. The molecule has 4 heteroatoms. The molecule has 0 fully saturated rings. The van der Waals surface area contributed by atoms with Gasteiger partial charge in [0.25, 0.3) is 5.91 Å². The van der Waals surface area contributed by atoms with Gasteiger partial charge >= 0.3 is 0 Å². The lowest BCUT2D eigenvalue weighted by Gasteiger charge is -2.27. The molecule has 0 saturated heterocycles. The first-order chi connectivity index (χ1) is 8.61. The van der Waals surface area contributed by atoms with E-state index in [9.17, 15) is 9.90 Å². The van der Waals surface area contributed by atoms with Gasteiger partial charge in [-0.05, 0) is 31.4 Å². The van der Waals surface area contributed by atoms with Gasteiger partial charge < -0.3 is 10.4 Å². The number of carbonyl (C=O) groups excluding carboxylic acids is 1. The summed E-state index contributed by atoms with van der Waals surface area (Å²) in [5, 5.41) is 13.3. The average molecular weight is 266 g/mol. The lowest BCUT2D eigenvalue weighted by Crippen LogP contribution is -2.42. The van der Waals surface area contributed by atoms with Gasteiger partial charge in [-0.2, -0.15) is 0 Å². The second kappa shape index (κ2) is 5.55. The third-order valence-electron chi connectivity index (χ3n) is 3.08. The maximum atomic E-state index is 11.9. The first-order valence-electron chi connectivity index (χ1n) is 6.03. The van der Waals surface area contributed by atoms with E-state index in [-0.39, 0.29) is 12.5 Å². The number of carbonyl (C=O) groups is 1. The van der Waals surface area contributed by atoms with Crippen LogP contribution in [0.3, 0.4) is 0 Å². The summed E-state index contributed by atoms with van der Waals surface area (Å²) >= 11 is 5.94. The van der Waals surface area contributed by atoms with Crippen molar-refractivity contribution in [3.05, 3.63) is 47.0 Å². The maximum absolute atomic E-state index is 11.9. The minimum atomic E-state index is -0.921. The number of amides is 1. The van der Waals surface area contributed by atoms with Gasteiger partial charge in [-0.1, -0.05) is 35.9 Å². The number of aliphatic hydroxyl groups is 1. The zero-order valence-electron chi connectivity index (χ0n) is 10.0. The van der Waals surface area contributed by atoms with Crippen LogP contribution in [0.15, 0.2) is 36.4 Å². The Morgan fingerprint density at radius 3 is 2.89 bits per heavy atom. The molecule has 96 valence electrons. The van der Waals surface area contributed by atoms with Gasteiger partial charge in [-0.25, -0.2) is 0 Å². The van der Waals surface area contributed by atoms with Crippen LogP contribution < -0.4 is 5.32 Å². The molecule has 1 unspecified atom stereocenters. The molecule has 18 heavy (non-hydrogen) atoms. The van der Waals surface area contributed by atoms with E-state index in [1.807, 2.05) is 6.08 Å². The molecule has 0 aliphatic heterocycles. The van der Waals surface area contributed by atoms with E-state index >= 15 is 0 Å². The molecule has 0 aromatic heterocycles. The van der Waals surface area contributed by atoms with E-state index in [4.69, 9.17) is 11.6 Å². The van der Waals surface area contributed by atoms with E-state index in [0.29, 0.717) is 17.0 Å². The Hall–Kier alpha value is -1.32. The molecule has 2 N–H and O–H groups in total. The highest BCUT2D eigenvalue weighted by molar-refractivity contribution is 6.33. The first-order valence-corrected chi connectivity index (χ1v) is 6.41. The Morgan fingerprint density at radius 2 is 2.22 bits per heavy atom. The third kappa shape index (κ3) is 3.12. The zero-order chi connectivity index (χ0) is 13.0. The Kier molecular flexibility index (Phi) is 4.04. The predicted molar refractivity (Wildman–Crippen MR) is 71.7 cm³/mol. The second-order valence-corrected chi connectivity index (χ2v) is 4.97. The van der Waals surface area contributed by atoms with Crippen LogP contribution in [-0.2, 0) is 0 Å². The van der Waals surface area contributed by atoms with Crippen molar-refractivity contribution in [3.63, 3.8) is 0 Å². The molecule has 1 amide bonds. The van der Waals surface area contributed by atoms with Gasteiger partial charge in [0.05, 0.1) is 22.7 Å². The van der Waals surface area contributed by atoms with Crippen molar-refractivity contribution in [1.29, 1.82) is 0 Å². The van der Waals surface area contributed by atoms with E-state index in [1.54, 1.807) is 30.3 Å². The minimum Gasteiger partial charge on any atom is -0.384 e. The van der Waals surface area contributed by atoms with Crippen molar-refractivity contribution < 1.29 is 9.90 Å². The Labute approximate surface area is 111 Å². The Balaban J connectivity index is 1.98. The van der Waals surface area contributed by atoms with Crippen LogP contribution >= 0.6 is 11.6 Å². The van der Waals surface area contributed by atoms with Crippen LogP contribution in [0.2, 0.25) is 5.02 Å². The Morgan fingerprint density at radius 1 is 1.44 bits per heavy atom. The van der Waals surface area contributed by atoms with Crippen LogP contribution in [-0.4, -0.2) is 23.2 Å². The number of benzene rings is 1. The molecule has 1 atom stereocenters.